The first-order valence-electron chi connectivity index (χ1n) is 31.9. The fraction of sp³-hybridized carbons (Fsp3) is 0.375. The number of anilines is 6. The van der Waals surface area contributed by atoms with Crippen LogP contribution in [0.2, 0.25) is 0 Å². The molecule has 0 saturated heterocycles. The van der Waals surface area contributed by atoms with Crippen LogP contribution in [0, 0.1) is 19.3 Å². The Morgan fingerprint density at radius 3 is 1.65 bits per heavy atom. The Morgan fingerprint density at radius 2 is 1.00 bits per heavy atom. The van der Waals surface area contributed by atoms with Crippen LogP contribution in [-0.2, 0) is 32.5 Å². The van der Waals surface area contributed by atoms with E-state index in [9.17, 15) is 0 Å². The lowest BCUT2D eigenvalue weighted by molar-refractivity contribution is 0.149. The molecule has 3 aliphatic carbocycles. The predicted octanol–water partition coefficient (Wildman–Crippen LogP) is 20.8. The third-order valence-electron chi connectivity index (χ3n) is 22.2. The van der Waals surface area contributed by atoms with E-state index in [-0.39, 0.29) is 44.6 Å². The Kier molecular flexibility index (Phi) is 11.3. The van der Waals surface area contributed by atoms with Gasteiger partial charge in [-0.2, -0.15) is 0 Å². The maximum absolute atomic E-state index is 7.05. The zero-order valence-electron chi connectivity index (χ0n) is 53.7. The molecule has 85 heavy (non-hydrogen) atoms. The Bertz CT molecular complexity index is 4570. The second kappa shape index (κ2) is 17.7. The van der Waals surface area contributed by atoms with E-state index in [1.807, 2.05) is 0 Å². The first-order valence-corrected chi connectivity index (χ1v) is 31.9. The summed E-state index contributed by atoms with van der Waals surface area (Å²) in [7, 11) is 0. The lowest BCUT2D eigenvalue weighted by Crippen LogP contribution is -2.61. The molecule has 1 saturated carbocycles. The van der Waals surface area contributed by atoms with Gasteiger partial charge in [-0.1, -0.05) is 183 Å². The van der Waals surface area contributed by atoms with Crippen molar-refractivity contribution in [2.75, 3.05) is 9.80 Å². The molecule has 0 N–H and O–H groups in total. The average molecular weight is 1120 g/mol. The molecule has 2 unspecified atom stereocenters. The summed E-state index contributed by atoms with van der Waals surface area (Å²) in [5, 5.41) is 4.55. The summed E-state index contributed by atoms with van der Waals surface area (Å²) in [5.74, 6) is 0. The molecule has 2 aromatic heterocycles. The van der Waals surface area contributed by atoms with Gasteiger partial charge in [-0.3, -0.25) is 0 Å². The summed E-state index contributed by atoms with van der Waals surface area (Å²) >= 11 is 0. The van der Waals surface area contributed by atoms with E-state index in [2.05, 4.69) is 261 Å². The molecule has 5 heteroatoms. The van der Waals surface area contributed by atoms with Crippen LogP contribution in [-0.4, -0.2) is 6.71 Å². The summed E-state index contributed by atoms with van der Waals surface area (Å²) in [6.45, 7) is 40.7. The largest absolute Gasteiger partial charge is 0.456 e. The third-order valence-corrected chi connectivity index (χ3v) is 22.2. The van der Waals surface area contributed by atoms with Gasteiger partial charge >= 0.3 is 0 Å². The molecular weight excluding hydrogens is 1030 g/mol. The predicted molar refractivity (Wildman–Crippen MR) is 364 cm³/mol. The molecule has 0 amide bonds. The fourth-order valence-corrected chi connectivity index (χ4v) is 16.7. The highest BCUT2D eigenvalue weighted by molar-refractivity contribution is 7.00. The Balaban J connectivity index is 1.06. The van der Waals surface area contributed by atoms with Crippen molar-refractivity contribution >= 4 is 113 Å². The van der Waals surface area contributed by atoms with Gasteiger partial charge in [-0.15, -0.1) is 0 Å². The standard InChI is InChI=1S/C80H85BN2O2/c1-46-37-64-72-65(38-46)83(61-21-20-22-68-70(61)53-42-50(74(3,4)5)26-30-66(53)84-68)73-60(29-32-69-71(73)54-43-51(75(6,7)8)27-31-67(54)85-69)81(72)59-28-24-49(41-63(59)82(64)62-45-58-57(39-47(62)2)77(12,13)35-36-78(58,14)15)55-40-48-23-25-52(76(9,10)11)44-56(48)80(17)34-19-18-33-79(55,80)16/h20-32,37-45H,18-19,33-36H2,1-17H3. The molecule has 2 atom stereocenters. The summed E-state index contributed by atoms with van der Waals surface area (Å²) in [6.07, 6.45) is 9.74. The maximum Gasteiger partial charge on any atom is 0.252 e. The number of aryl methyl sites for hydroxylation is 2. The van der Waals surface area contributed by atoms with Crippen LogP contribution in [0.25, 0.3) is 55.5 Å². The van der Waals surface area contributed by atoms with E-state index in [1.165, 1.54) is 132 Å². The number of benzene rings is 8. The van der Waals surface area contributed by atoms with Gasteiger partial charge in [0.2, 0.25) is 0 Å². The first kappa shape index (κ1) is 54.4. The highest BCUT2D eigenvalue weighted by Gasteiger charge is 2.53. The molecule has 10 aromatic rings. The summed E-state index contributed by atoms with van der Waals surface area (Å²) in [5.41, 5.74) is 29.9. The van der Waals surface area contributed by atoms with Crippen LogP contribution in [0.4, 0.5) is 34.1 Å². The topological polar surface area (TPSA) is 32.8 Å². The minimum absolute atomic E-state index is 0.00968. The van der Waals surface area contributed by atoms with Crippen molar-refractivity contribution in [3.8, 4) is 0 Å². The second-order valence-corrected chi connectivity index (χ2v) is 31.7. The van der Waals surface area contributed by atoms with Gasteiger partial charge in [-0.25, -0.2) is 0 Å². The van der Waals surface area contributed by atoms with Crippen LogP contribution in [0.15, 0.2) is 136 Å². The zero-order chi connectivity index (χ0) is 59.6. The molecule has 15 rings (SSSR count). The van der Waals surface area contributed by atoms with Gasteiger partial charge in [0.15, 0.2) is 0 Å². The first-order chi connectivity index (χ1) is 40.1. The van der Waals surface area contributed by atoms with Crippen molar-refractivity contribution in [1.82, 2.24) is 0 Å². The summed E-state index contributed by atoms with van der Waals surface area (Å²) in [6, 6.07) is 50.5. The van der Waals surface area contributed by atoms with E-state index < -0.39 is 0 Å². The molecule has 0 radical (unpaired) electrons. The quantitative estimate of drug-likeness (QED) is 0.165. The lowest BCUT2D eigenvalue weighted by Gasteiger charge is -2.55. The van der Waals surface area contributed by atoms with Crippen molar-refractivity contribution in [3.63, 3.8) is 0 Å². The van der Waals surface area contributed by atoms with Crippen molar-refractivity contribution in [2.24, 2.45) is 5.41 Å². The second-order valence-electron chi connectivity index (χ2n) is 31.7. The van der Waals surface area contributed by atoms with Crippen LogP contribution < -0.4 is 26.2 Å². The lowest BCUT2D eigenvalue weighted by atomic mass is 9.33. The molecule has 4 nitrogen and oxygen atoms in total. The van der Waals surface area contributed by atoms with Gasteiger partial charge in [0.1, 0.15) is 22.3 Å². The zero-order valence-corrected chi connectivity index (χ0v) is 53.7. The van der Waals surface area contributed by atoms with Crippen molar-refractivity contribution < 1.29 is 8.83 Å². The minimum Gasteiger partial charge on any atom is -0.456 e. The van der Waals surface area contributed by atoms with Crippen LogP contribution in [0.5, 0.6) is 0 Å². The maximum atomic E-state index is 7.05. The Labute approximate surface area is 505 Å². The molecule has 0 bridgehead atoms. The number of rotatable bonds is 3. The molecule has 0 spiro atoms. The smallest absolute Gasteiger partial charge is 0.252 e. The normalized spacial score (nSPS) is 20.5. The van der Waals surface area contributed by atoms with Crippen LogP contribution >= 0.6 is 0 Å². The number of hydrogen-bond donors (Lipinski definition) is 0. The highest BCUT2D eigenvalue weighted by atomic mass is 16.3. The van der Waals surface area contributed by atoms with Crippen LogP contribution in [0.1, 0.15) is 198 Å². The average Bonchev–Trinajstić information content (AvgIpc) is 1.37. The molecule has 2 aliphatic heterocycles. The molecule has 1 fully saturated rings. The summed E-state index contributed by atoms with van der Waals surface area (Å²) in [4.78, 5) is 5.38. The van der Waals surface area contributed by atoms with Gasteiger partial charge in [0.25, 0.3) is 6.71 Å². The van der Waals surface area contributed by atoms with Gasteiger partial charge in [-0.05, 0) is 211 Å². The Hall–Kier alpha value is -7.24. The van der Waals surface area contributed by atoms with Crippen LogP contribution in [0.3, 0.4) is 0 Å². The van der Waals surface area contributed by atoms with E-state index >= 15 is 0 Å². The molecule has 4 heterocycles. The third kappa shape index (κ3) is 7.79. The summed E-state index contributed by atoms with van der Waals surface area (Å²) < 4.78 is 14.0. The number of hydrogen-bond acceptors (Lipinski definition) is 4. The minimum atomic E-state index is -0.106. The van der Waals surface area contributed by atoms with Gasteiger partial charge in [0, 0.05) is 44.4 Å². The molecular formula is C80H85BN2O2. The molecule has 430 valence electrons. The van der Waals surface area contributed by atoms with E-state index in [0.717, 1.165) is 62.4 Å². The molecule has 5 aliphatic rings. The number of furan rings is 2. The highest BCUT2D eigenvalue weighted by Crippen LogP contribution is 2.63. The van der Waals surface area contributed by atoms with Gasteiger partial charge in [0.05, 0.1) is 22.1 Å². The van der Waals surface area contributed by atoms with E-state index in [1.54, 1.807) is 0 Å². The SMILES string of the molecule is Cc1cc2c3c(c1)N(c1cccc4oc5ccc(C(C)(C)C)cc5c14)c1c(ccc4oc5ccc(C(C)(C)C)cc5c14)B3c1ccc(C3=Cc4ccc(C(C)(C)C)cc4C4(C)CCCCC34C)cc1N2c1cc2c(cc1C)C(C)(C)CCC2(C)C. The number of allylic oxidation sites excluding steroid dienone is 1. The van der Waals surface area contributed by atoms with Crippen molar-refractivity contribution in [1.29, 1.82) is 0 Å². The fourth-order valence-electron chi connectivity index (χ4n) is 16.7. The van der Waals surface area contributed by atoms with E-state index in [4.69, 9.17) is 8.83 Å². The monoisotopic (exact) mass is 1120 g/mol. The van der Waals surface area contributed by atoms with Crippen molar-refractivity contribution in [2.45, 2.75) is 189 Å². The van der Waals surface area contributed by atoms with Gasteiger partial charge < -0.3 is 18.6 Å². The Morgan fingerprint density at radius 1 is 0.447 bits per heavy atom. The number of fused-ring (bicyclic) bond motifs is 15. The molecule has 8 aromatic carbocycles. The van der Waals surface area contributed by atoms with E-state index in [0.29, 0.717) is 0 Å². The number of nitrogens with zero attached hydrogens (tertiary/aromatic N) is 2. The van der Waals surface area contributed by atoms with Crippen molar-refractivity contribution in [3.05, 3.63) is 183 Å².